The first kappa shape index (κ1) is 11.8. The van der Waals surface area contributed by atoms with Crippen LogP contribution >= 0.6 is 8.69 Å². The lowest BCUT2D eigenvalue weighted by atomic mass is 11.5. The van der Waals surface area contributed by atoms with Crippen molar-refractivity contribution in [3.05, 3.63) is 0 Å². The Morgan fingerprint density at radius 1 is 1.33 bits per heavy atom. The van der Waals surface area contributed by atoms with Crippen molar-refractivity contribution in [3.63, 3.8) is 0 Å². The number of hydrogen-bond donors (Lipinski definition) is 0. The zero-order valence-electron chi connectivity index (χ0n) is 5.24. The predicted molar refractivity (Wildman–Crippen MR) is 29.6 cm³/mol. The average Bonchev–Trinajstić information content (AvgIpc) is 1.85. The third kappa shape index (κ3) is 3.44. The molecule has 0 aliphatic heterocycles. The molecule has 0 aliphatic carbocycles. The molecule has 0 aliphatic rings. The van der Waals surface area contributed by atoms with Crippen molar-refractivity contribution >= 4 is 18.8 Å². The summed E-state index contributed by atoms with van der Waals surface area (Å²) >= 11 is 0. The molecule has 0 bridgehead atoms. The van der Waals surface area contributed by atoms with E-state index in [0.717, 1.165) is 0 Å². The zero-order valence-corrected chi connectivity index (χ0v) is 6.95. The molecule has 0 saturated carbocycles. The van der Waals surface area contributed by atoms with Crippen molar-refractivity contribution in [2.45, 2.75) is 5.51 Å². The van der Waals surface area contributed by atoms with E-state index in [1.54, 1.807) is 0 Å². The molecule has 5 nitrogen and oxygen atoms in total. The van der Waals surface area contributed by atoms with Gasteiger partial charge in [0.2, 0.25) is 0 Å². The highest BCUT2D eigenvalue weighted by Crippen LogP contribution is 2.24. The summed E-state index contributed by atoms with van der Waals surface area (Å²) in [6.45, 7) is -1.24. The first-order valence-electron chi connectivity index (χ1n) is 2.21. The minimum absolute atomic E-state index is 0.967. The van der Waals surface area contributed by atoms with Gasteiger partial charge in [-0.25, -0.2) is 8.75 Å². The van der Waals surface area contributed by atoms with Gasteiger partial charge in [-0.1, -0.05) is 0 Å². The molecule has 0 heterocycles. The van der Waals surface area contributed by atoms with E-state index in [2.05, 4.69) is 8.71 Å². The highest BCUT2D eigenvalue weighted by Gasteiger charge is 2.47. The average molecular weight is 226 g/mol. The molecule has 10 heteroatoms. The minimum Gasteiger partial charge on any atom is -0.265 e. The van der Waals surface area contributed by atoms with Crippen LogP contribution in [0.2, 0.25) is 0 Å². The molecule has 0 fully saturated rings. The number of alkyl halides is 3. The molecule has 0 saturated heterocycles. The molecule has 0 aromatic rings. The van der Waals surface area contributed by atoms with Crippen molar-refractivity contribution in [3.8, 4) is 0 Å². The molecule has 0 unspecified atom stereocenters. The summed E-state index contributed by atoms with van der Waals surface area (Å²) in [6, 6.07) is 0. The monoisotopic (exact) mass is 226 g/mol. The van der Waals surface area contributed by atoms with Gasteiger partial charge in [-0.3, -0.25) is 4.52 Å². The van der Waals surface area contributed by atoms with Gasteiger partial charge in [0.25, 0.3) is 0 Å². The van der Waals surface area contributed by atoms with E-state index in [-0.39, 0.29) is 0 Å². The lowest BCUT2D eigenvalue weighted by Gasteiger charge is -2.05. The van der Waals surface area contributed by atoms with Gasteiger partial charge in [0.15, 0.2) is 6.79 Å². The summed E-state index contributed by atoms with van der Waals surface area (Å²) in [5, 5.41) is 0. The number of hydrogen-bond acceptors (Lipinski definition) is 5. The molecule has 12 heavy (non-hydrogen) atoms. The second kappa shape index (κ2) is 4.13. The van der Waals surface area contributed by atoms with Crippen LogP contribution in [0.1, 0.15) is 0 Å². The Labute approximate surface area is 66.9 Å². The van der Waals surface area contributed by atoms with E-state index >= 15 is 0 Å². The molecule has 0 aromatic carbocycles. The summed E-state index contributed by atoms with van der Waals surface area (Å²) in [7, 11) is -6.61. The van der Waals surface area contributed by atoms with Crippen molar-refractivity contribution in [2.75, 3.05) is 6.79 Å². The second-order valence-corrected chi connectivity index (χ2v) is 3.35. The Hall–Kier alpha value is -0.240. The lowest BCUT2D eigenvalue weighted by molar-refractivity contribution is -0.0584. The van der Waals surface area contributed by atoms with Gasteiger partial charge in [0, 0.05) is 0 Å². The van der Waals surface area contributed by atoms with Gasteiger partial charge in [0.1, 0.15) is 0 Å². The number of halogens is 3. The topological polar surface area (TPSA) is 69.7 Å². The van der Waals surface area contributed by atoms with E-state index in [1.807, 2.05) is 0 Å². The predicted octanol–water partition coefficient (Wildman–Crippen LogP) is 1.03. The van der Waals surface area contributed by atoms with E-state index in [1.165, 1.54) is 0 Å². The normalized spacial score (nSPS) is 13.6. The van der Waals surface area contributed by atoms with Crippen LogP contribution in [0.15, 0.2) is 0 Å². The maximum atomic E-state index is 11.4. The molecule has 0 radical (unpaired) electrons. The lowest BCUT2D eigenvalue weighted by Crippen LogP contribution is -2.25. The Kier molecular flexibility index (Phi) is 4.04. The van der Waals surface area contributed by atoms with Crippen LogP contribution in [0.5, 0.6) is 0 Å². The SMILES string of the molecule is O=POCOS(=O)(=O)C(F)(F)F. The standard InChI is InChI=1S/C2H2F3O5PS/c3-2(4,5)12(7,8)10-1-9-11-6/h1H2. The molecule has 0 rings (SSSR count). The molecule has 0 N–H and O–H groups in total. The van der Waals surface area contributed by atoms with Gasteiger partial charge in [-0.2, -0.15) is 21.6 Å². The first-order chi connectivity index (χ1) is 5.31. The number of rotatable bonds is 4. The van der Waals surface area contributed by atoms with Gasteiger partial charge >= 0.3 is 24.3 Å². The summed E-state index contributed by atoms with van der Waals surface area (Å²) in [6.07, 6.45) is 0. The van der Waals surface area contributed by atoms with Crippen LogP contribution in [-0.2, 0) is 23.4 Å². The molecular weight excluding hydrogens is 224 g/mol. The smallest absolute Gasteiger partial charge is 0.265 e. The van der Waals surface area contributed by atoms with E-state index in [9.17, 15) is 26.2 Å². The molecular formula is C2H2F3O5PS. The Morgan fingerprint density at radius 2 is 1.83 bits per heavy atom. The van der Waals surface area contributed by atoms with Crippen molar-refractivity contribution in [1.82, 2.24) is 0 Å². The van der Waals surface area contributed by atoms with Crippen LogP contribution in [0.4, 0.5) is 13.2 Å². The van der Waals surface area contributed by atoms with Crippen molar-refractivity contribution < 1.29 is 34.9 Å². The highest BCUT2D eigenvalue weighted by atomic mass is 32.2. The largest absolute Gasteiger partial charge is 0.523 e. The second-order valence-electron chi connectivity index (χ2n) is 1.34. The van der Waals surface area contributed by atoms with Gasteiger partial charge in [-0.15, -0.1) is 0 Å². The zero-order chi connectivity index (χ0) is 9.83. The fourth-order valence-electron chi connectivity index (χ4n) is 0.173. The van der Waals surface area contributed by atoms with Crippen LogP contribution < -0.4 is 0 Å². The van der Waals surface area contributed by atoms with Crippen LogP contribution in [-0.4, -0.2) is 20.7 Å². The summed E-state index contributed by atoms with van der Waals surface area (Å²) in [5.41, 5.74) is -5.49. The Balaban J connectivity index is 4.16. The fraction of sp³-hybridized carbons (Fsp3) is 1.00. The van der Waals surface area contributed by atoms with E-state index in [0.29, 0.717) is 0 Å². The molecule has 0 amide bonds. The third-order valence-electron chi connectivity index (χ3n) is 0.592. The molecule has 0 spiro atoms. The third-order valence-corrected chi connectivity index (χ3v) is 1.78. The first-order valence-corrected chi connectivity index (χ1v) is 4.35. The summed E-state index contributed by atoms with van der Waals surface area (Å²) < 4.78 is 70.6. The van der Waals surface area contributed by atoms with Gasteiger partial charge in [-0.05, 0) is 0 Å². The van der Waals surface area contributed by atoms with Gasteiger partial charge in [0.05, 0.1) is 0 Å². The highest BCUT2D eigenvalue weighted by molar-refractivity contribution is 7.87. The summed E-state index contributed by atoms with van der Waals surface area (Å²) in [4.78, 5) is 0. The van der Waals surface area contributed by atoms with Crippen LogP contribution in [0, 0.1) is 0 Å². The van der Waals surface area contributed by atoms with Crippen LogP contribution in [0.3, 0.4) is 0 Å². The van der Waals surface area contributed by atoms with Crippen LogP contribution in [0.25, 0.3) is 0 Å². The van der Waals surface area contributed by atoms with Gasteiger partial charge < -0.3 is 0 Å². The van der Waals surface area contributed by atoms with Crippen molar-refractivity contribution in [2.24, 2.45) is 0 Å². The Morgan fingerprint density at radius 3 is 2.17 bits per heavy atom. The van der Waals surface area contributed by atoms with E-state index in [4.69, 9.17) is 0 Å². The molecule has 0 aromatic heterocycles. The Bertz CT molecular complexity index is 244. The summed E-state index contributed by atoms with van der Waals surface area (Å²) in [5.74, 6) is 0. The maximum absolute atomic E-state index is 11.4. The maximum Gasteiger partial charge on any atom is 0.523 e. The molecule has 72 valence electrons. The fourth-order valence-corrected chi connectivity index (χ4v) is 0.649. The molecule has 0 atom stereocenters. The van der Waals surface area contributed by atoms with E-state index < -0.39 is 31.1 Å². The quantitative estimate of drug-likeness (QED) is 0.235. The minimum atomic E-state index is -5.64. The van der Waals surface area contributed by atoms with Crippen molar-refractivity contribution in [1.29, 1.82) is 0 Å².